The first kappa shape index (κ1) is 15.9. The fourth-order valence-corrected chi connectivity index (χ4v) is 3.36. The molecule has 0 bridgehead atoms. The van der Waals surface area contributed by atoms with Crippen LogP contribution < -0.4 is 5.32 Å². The molecule has 0 atom stereocenters. The van der Waals surface area contributed by atoms with Crippen molar-refractivity contribution in [2.24, 2.45) is 0 Å². The molecule has 0 unspecified atom stereocenters. The van der Waals surface area contributed by atoms with Gasteiger partial charge in [-0.15, -0.1) is 11.3 Å². The van der Waals surface area contributed by atoms with E-state index in [9.17, 15) is 9.59 Å². The highest BCUT2D eigenvalue weighted by atomic mass is 79.9. The number of carboxylic acid groups (broad SMARTS) is 1. The molecule has 1 aromatic heterocycles. The molecule has 0 aliphatic rings. The third-order valence-electron chi connectivity index (χ3n) is 2.61. The van der Waals surface area contributed by atoms with Gasteiger partial charge < -0.3 is 10.4 Å². The van der Waals surface area contributed by atoms with Crippen LogP contribution in [0.15, 0.2) is 22.7 Å². The summed E-state index contributed by atoms with van der Waals surface area (Å²) in [7, 11) is 0. The van der Waals surface area contributed by atoms with Crippen LogP contribution in [0, 0.1) is 6.92 Å². The predicted octanol–water partition coefficient (Wildman–Crippen LogP) is 3.50. The molecule has 110 valence electrons. The third kappa shape index (κ3) is 3.81. The van der Waals surface area contributed by atoms with Crippen molar-refractivity contribution >= 4 is 50.7 Å². The largest absolute Gasteiger partial charge is 0.477 e. The fraction of sp³-hybridized carbons (Fsp3) is 0.154. The van der Waals surface area contributed by atoms with Gasteiger partial charge in [-0.05, 0) is 41.1 Å². The molecule has 2 rings (SSSR count). The molecule has 0 saturated heterocycles. The highest BCUT2D eigenvalue weighted by Crippen LogP contribution is 2.22. The molecule has 0 spiro atoms. The molecular weight excluding hydrogens is 380 g/mol. The Morgan fingerprint density at radius 3 is 2.76 bits per heavy atom. The summed E-state index contributed by atoms with van der Waals surface area (Å²) in [6, 6.07) is 4.86. The van der Waals surface area contributed by atoms with Gasteiger partial charge in [0.25, 0.3) is 5.91 Å². The molecule has 2 aromatic rings. The lowest BCUT2D eigenvalue weighted by Crippen LogP contribution is -2.23. The topological polar surface area (TPSA) is 79.3 Å². The molecule has 0 saturated carbocycles. The molecule has 1 heterocycles. The van der Waals surface area contributed by atoms with Crippen molar-refractivity contribution < 1.29 is 14.7 Å². The van der Waals surface area contributed by atoms with Crippen molar-refractivity contribution in [1.82, 2.24) is 10.3 Å². The smallest absolute Gasteiger partial charge is 0.347 e. The van der Waals surface area contributed by atoms with Crippen LogP contribution in [0.5, 0.6) is 0 Å². The van der Waals surface area contributed by atoms with E-state index >= 15 is 0 Å². The number of halogens is 2. The van der Waals surface area contributed by atoms with Gasteiger partial charge in [-0.2, -0.15) is 0 Å². The fourth-order valence-electron chi connectivity index (χ4n) is 1.65. The van der Waals surface area contributed by atoms with Gasteiger partial charge in [0.2, 0.25) is 0 Å². The molecule has 8 heteroatoms. The number of aromatic nitrogens is 1. The van der Waals surface area contributed by atoms with Crippen molar-refractivity contribution in [2.75, 3.05) is 0 Å². The molecule has 1 aromatic carbocycles. The third-order valence-corrected chi connectivity index (χ3v) is 4.65. The van der Waals surface area contributed by atoms with E-state index in [1.807, 2.05) is 0 Å². The maximum atomic E-state index is 12.1. The average molecular weight is 390 g/mol. The average Bonchev–Trinajstić information content (AvgIpc) is 2.77. The van der Waals surface area contributed by atoms with E-state index in [2.05, 4.69) is 26.2 Å². The Bertz CT molecular complexity index is 717. The van der Waals surface area contributed by atoms with Crippen LogP contribution in [0.2, 0.25) is 5.02 Å². The van der Waals surface area contributed by atoms with E-state index < -0.39 is 5.97 Å². The number of aryl methyl sites for hydroxylation is 1. The lowest BCUT2D eigenvalue weighted by Gasteiger charge is -2.05. The summed E-state index contributed by atoms with van der Waals surface area (Å²) in [5.74, 6) is -1.30. The normalized spacial score (nSPS) is 10.4. The number of aromatic carboxylic acids is 1. The van der Waals surface area contributed by atoms with Crippen LogP contribution in [0.4, 0.5) is 0 Å². The minimum Gasteiger partial charge on any atom is -0.477 e. The quantitative estimate of drug-likeness (QED) is 0.839. The first-order valence-corrected chi connectivity index (χ1v) is 7.80. The molecular formula is C13H10BrClN2O3S. The Labute approximate surface area is 138 Å². The van der Waals surface area contributed by atoms with E-state index in [1.165, 1.54) is 0 Å². The van der Waals surface area contributed by atoms with Crippen LogP contribution in [-0.4, -0.2) is 22.0 Å². The molecule has 21 heavy (non-hydrogen) atoms. The van der Waals surface area contributed by atoms with Crippen molar-refractivity contribution in [3.05, 3.63) is 48.8 Å². The molecule has 0 fully saturated rings. The Balaban J connectivity index is 2.07. The highest BCUT2D eigenvalue weighted by molar-refractivity contribution is 9.10. The van der Waals surface area contributed by atoms with E-state index in [0.29, 0.717) is 25.8 Å². The highest BCUT2D eigenvalue weighted by Gasteiger charge is 2.15. The number of hydrogen-bond acceptors (Lipinski definition) is 4. The van der Waals surface area contributed by atoms with Gasteiger partial charge in [0, 0.05) is 9.50 Å². The molecule has 0 aliphatic carbocycles. The summed E-state index contributed by atoms with van der Waals surface area (Å²) < 4.78 is 0.592. The van der Waals surface area contributed by atoms with E-state index in [1.54, 1.807) is 25.1 Å². The summed E-state index contributed by atoms with van der Waals surface area (Å²) in [6.07, 6.45) is 0. The van der Waals surface area contributed by atoms with Crippen LogP contribution >= 0.6 is 38.9 Å². The Morgan fingerprint density at radius 2 is 2.19 bits per heavy atom. The van der Waals surface area contributed by atoms with Crippen molar-refractivity contribution in [3.63, 3.8) is 0 Å². The number of benzene rings is 1. The molecule has 1 amide bonds. The maximum absolute atomic E-state index is 12.1. The summed E-state index contributed by atoms with van der Waals surface area (Å²) in [5.41, 5.74) is 0.899. The Hall–Kier alpha value is -1.44. The minimum atomic E-state index is -1.01. The summed E-state index contributed by atoms with van der Waals surface area (Å²) in [6.45, 7) is 1.80. The first-order chi connectivity index (χ1) is 9.88. The predicted molar refractivity (Wildman–Crippen MR) is 84.1 cm³/mol. The van der Waals surface area contributed by atoms with Gasteiger partial charge in [-0.1, -0.05) is 11.6 Å². The molecule has 0 radical (unpaired) electrons. The number of rotatable bonds is 4. The zero-order valence-corrected chi connectivity index (χ0v) is 14.0. The second-order valence-corrected chi connectivity index (χ2v) is 6.51. The van der Waals surface area contributed by atoms with Crippen molar-refractivity contribution in [3.8, 4) is 0 Å². The van der Waals surface area contributed by atoms with Gasteiger partial charge in [-0.3, -0.25) is 4.79 Å². The van der Waals surface area contributed by atoms with Crippen LogP contribution in [-0.2, 0) is 6.54 Å². The molecule has 0 aliphatic heterocycles. The van der Waals surface area contributed by atoms with Crippen molar-refractivity contribution in [2.45, 2.75) is 13.5 Å². The van der Waals surface area contributed by atoms with Gasteiger partial charge >= 0.3 is 5.97 Å². The Morgan fingerprint density at radius 1 is 1.48 bits per heavy atom. The number of carbonyl (C=O) groups excluding carboxylic acids is 1. The van der Waals surface area contributed by atoms with E-state index in [0.717, 1.165) is 11.3 Å². The number of carboxylic acids is 1. The van der Waals surface area contributed by atoms with Gasteiger partial charge in [-0.25, -0.2) is 9.78 Å². The van der Waals surface area contributed by atoms with Crippen molar-refractivity contribution in [1.29, 1.82) is 0 Å². The number of nitrogens with one attached hydrogen (secondary N) is 1. The number of thiazole rings is 1. The number of carbonyl (C=O) groups is 2. The van der Waals surface area contributed by atoms with Gasteiger partial charge in [0.1, 0.15) is 9.88 Å². The van der Waals surface area contributed by atoms with Gasteiger partial charge in [0.15, 0.2) is 0 Å². The lowest BCUT2D eigenvalue weighted by molar-refractivity contribution is 0.0701. The Kier molecular flexibility index (Phi) is 4.97. The summed E-state index contributed by atoms with van der Waals surface area (Å²) in [4.78, 5) is 27.3. The monoisotopic (exact) mass is 388 g/mol. The maximum Gasteiger partial charge on any atom is 0.347 e. The van der Waals surface area contributed by atoms with Crippen LogP contribution in [0.3, 0.4) is 0 Å². The SMILES string of the molecule is Cc1nc(CNC(=O)c2ccc(Cl)cc2Br)sc1C(=O)O. The first-order valence-electron chi connectivity index (χ1n) is 5.81. The molecule has 5 nitrogen and oxygen atoms in total. The second-order valence-electron chi connectivity index (χ2n) is 4.13. The minimum absolute atomic E-state index is 0.173. The molecule has 2 N–H and O–H groups in total. The second kappa shape index (κ2) is 6.55. The van der Waals surface area contributed by atoms with E-state index in [-0.39, 0.29) is 17.3 Å². The van der Waals surface area contributed by atoms with Gasteiger partial charge in [0.05, 0.1) is 17.8 Å². The van der Waals surface area contributed by atoms with Crippen LogP contribution in [0.25, 0.3) is 0 Å². The summed E-state index contributed by atoms with van der Waals surface area (Å²) >= 11 is 10.1. The lowest BCUT2D eigenvalue weighted by atomic mass is 10.2. The zero-order chi connectivity index (χ0) is 15.6. The van der Waals surface area contributed by atoms with E-state index in [4.69, 9.17) is 16.7 Å². The zero-order valence-electron chi connectivity index (χ0n) is 10.8. The summed E-state index contributed by atoms with van der Waals surface area (Å²) in [5, 5.41) is 12.7. The number of amides is 1. The van der Waals surface area contributed by atoms with Crippen LogP contribution in [0.1, 0.15) is 30.7 Å². The standard InChI is InChI=1S/C13H10BrClN2O3S/c1-6-11(13(19)20)21-10(17-6)5-16-12(18)8-3-2-7(15)4-9(8)14/h2-4H,5H2,1H3,(H,16,18)(H,19,20). The number of hydrogen-bond donors (Lipinski definition) is 2. The number of nitrogens with zero attached hydrogens (tertiary/aromatic N) is 1.